The molecule has 0 fully saturated rings. The zero-order valence-electron chi connectivity index (χ0n) is 9.51. The van der Waals surface area contributed by atoms with Crippen LogP contribution >= 0.6 is 0 Å². The van der Waals surface area contributed by atoms with Gasteiger partial charge in [-0.1, -0.05) is 24.2 Å². The smallest absolute Gasteiger partial charge is 0.315 e. The number of nitrogens with one attached hydrogen (secondary N) is 1. The zero-order valence-corrected chi connectivity index (χ0v) is 9.51. The highest BCUT2D eigenvalue weighted by Gasteiger charge is 2.09. The van der Waals surface area contributed by atoms with E-state index in [2.05, 4.69) is 25.8 Å². The van der Waals surface area contributed by atoms with Crippen LogP contribution < -0.4 is 5.32 Å². The van der Waals surface area contributed by atoms with Gasteiger partial charge < -0.3 is 9.73 Å². The van der Waals surface area contributed by atoms with Crippen LogP contribution in [-0.4, -0.2) is 25.2 Å². The molecule has 86 valence electrons. The van der Waals surface area contributed by atoms with E-state index < -0.39 is 0 Å². The molecule has 2 heterocycles. The van der Waals surface area contributed by atoms with Gasteiger partial charge in [0.1, 0.15) is 0 Å². The lowest BCUT2D eigenvalue weighted by Gasteiger charge is -2.00. The molecule has 2 rings (SSSR count). The lowest BCUT2D eigenvalue weighted by molar-refractivity contribution is 0.479. The lowest BCUT2D eigenvalue weighted by atomic mass is 10.2. The summed E-state index contributed by atoms with van der Waals surface area (Å²) in [7, 11) is 1.83. The maximum absolute atomic E-state index is 5.40. The van der Waals surface area contributed by atoms with Gasteiger partial charge in [0.25, 0.3) is 0 Å². The monoisotopic (exact) mass is 222 g/mol. The molecule has 16 heavy (non-hydrogen) atoms. The second-order valence-corrected chi connectivity index (χ2v) is 3.80. The molecule has 2 aromatic rings. The van der Waals surface area contributed by atoms with Crippen molar-refractivity contribution in [2.75, 3.05) is 5.32 Å². The summed E-state index contributed by atoms with van der Waals surface area (Å²) in [4.78, 5) is 0. The van der Waals surface area contributed by atoms with Gasteiger partial charge in [0.05, 0.1) is 18.4 Å². The van der Waals surface area contributed by atoms with Crippen molar-refractivity contribution in [3.8, 4) is 0 Å². The standard InChI is InChI=1S/C9H14N6O/c1-6(2)8-12-13-9(16-8)10-4-7-5-11-14-15(7)3/h5-6H,4H2,1-3H3,(H,10,13). The van der Waals surface area contributed by atoms with Gasteiger partial charge in [0.15, 0.2) is 0 Å². The van der Waals surface area contributed by atoms with E-state index in [1.165, 1.54) is 0 Å². The van der Waals surface area contributed by atoms with Crippen LogP contribution in [0.3, 0.4) is 0 Å². The molecule has 2 aromatic heterocycles. The number of rotatable bonds is 4. The van der Waals surface area contributed by atoms with Gasteiger partial charge in [-0.15, -0.1) is 10.2 Å². The van der Waals surface area contributed by atoms with Crippen molar-refractivity contribution in [1.82, 2.24) is 25.2 Å². The van der Waals surface area contributed by atoms with E-state index in [1.54, 1.807) is 10.9 Å². The van der Waals surface area contributed by atoms with Crippen molar-refractivity contribution in [1.29, 1.82) is 0 Å². The van der Waals surface area contributed by atoms with Crippen molar-refractivity contribution in [3.63, 3.8) is 0 Å². The van der Waals surface area contributed by atoms with Crippen LogP contribution in [0.5, 0.6) is 0 Å². The molecule has 0 amide bonds. The summed E-state index contributed by atoms with van der Waals surface area (Å²) < 4.78 is 7.09. The van der Waals surface area contributed by atoms with Crippen LogP contribution in [-0.2, 0) is 13.6 Å². The first kappa shape index (κ1) is 10.6. The van der Waals surface area contributed by atoms with Gasteiger partial charge in [-0.3, -0.25) is 4.68 Å². The third kappa shape index (κ3) is 2.18. The van der Waals surface area contributed by atoms with Crippen LogP contribution in [0, 0.1) is 0 Å². The summed E-state index contributed by atoms with van der Waals surface area (Å²) in [6.45, 7) is 4.56. The molecule has 0 unspecified atom stereocenters. The molecular weight excluding hydrogens is 208 g/mol. The van der Waals surface area contributed by atoms with Crippen LogP contribution in [0.15, 0.2) is 10.6 Å². The second kappa shape index (κ2) is 4.30. The van der Waals surface area contributed by atoms with Crippen LogP contribution in [0.4, 0.5) is 6.01 Å². The molecule has 7 nitrogen and oxygen atoms in total. The Kier molecular flexibility index (Phi) is 2.84. The maximum Gasteiger partial charge on any atom is 0.315 e. The molecule has 0 aliphatic heterocycles. The number of hydrogen-bond acceptors (Lipinski definition) is 6. The van der Waals surface area contributed by atoms with E-state index in [-0.39, 0.29) is 5.92 Å². The van der Waals surface area contributed by atoms with Gasteiger partial charge in [-0.2, -0.15) is 0 Å². The van der Waals surface area contributed by atoms with Gasteiger partial charge in [0, 0.05) is 13.0 Å². The Morgan fingerprint density at radius 1 is 1.44 bits per heavy atom. The molecule has 0 atom stereocenters. The highest BCUT2D eigenvalue weighted by Crippen LogP contribution is 2.15. The molecule has 1 N–H and O–H groups in total. The molecule has 0 radical (unpaired) electrons. The maximum atomic E-state index is 5.40. The second-order valence-electron chi connectivity index (χ2n) is 3.80. The lowest BCUT2D eigenvalue weighted by Crippen LogP contribution is -2.05. The molecule has 0 spiro atoms. The molecule has 0 saturated carbocycles. The van der Waals surface area contributed by atoms with Gasteiger partial charge in [0.2, 0.25) is 5.89 Å². The Morgan fingerprint density at radius 3 is 2.81 bits per heavy atom. The van der Waals surface area contributed by atoms with E-state index >= 15 is 0 Å². The minimum absolute atomic E-state index is 0.237. The average molecular weight is 222 g/mol. The number of hydrogen-bond donors (Lipinski definition) is 1. The van der Waals surface area contributed by atoms with E-state index in [1.807, 2.05) is 20.9 Å². The summed E-state index contributed by atoms with van der Waals surface area (Å²) in [6.07, 6.45) is 1.69. The van der Waals surface area contributed by atoms with Crippen molar-refractivity contribution < 1.29 is 4.42 Å². The van der Waals surface area contributed by atoms with Crippen LogP contribution in [0.1, 0.15) is 31.4 Å². The SMILES string of the molecule is CC(C)c1nnc(NCc2cnnn2C)o1. The summed E-state index contributed by atoms with van der Waals surface area (Å²) in [5.41, 5.74) is 0.948. The van der Waals surface area contributed by atoms with E-state index in [4.69, 9.17) is 4.42 Å². The fourth-order valence-corrected chi connectivity index (χ4v) is 1.18. The molecule has 0 aliphatic rings. The Balaban J connectivity index is 1.97. The van der Waals surface area contributed by atoms with E-state index in [9.17, 15) is 0 Å². The minimum atomic E-state index is 0.237. The first-order valence-electron chi connectivity index (χ1n) is 5.07. The number of aromatic nitrogens is 5. The third-order valence-corrected chi connectivity index (χ3v) is 2.16. The zero-order chi connectivity index (χ0) is 11.5. The van der Waals surface area contributed by atoms with Crippen LogP contribution in [0.2, 0.25) is 0 Å². The predicted octanol–water partition coefficient (Wildman–Crippen LogP) is 0.934. The first-order valence-corrected chi connectivity index (χ1v) is 5.07. The molecule has 0 saturated heterocycles. The normalized spacial score (nSPS) is 11.0. The molecule has 0 bridgehead atoms. The van der Waals surface area contributed by atoms with Crippen LogP contribution in [0.25, 0.3) is 0 Å². The van der Waals surface area contributed by atoms with E-state index in [0.717, 1.165) is 5.69 Å². The Hall–Kier alpha value is -1.92. The molecule has 0 aromatic carbocycles. The van der Waals surface area contributed by atoms with Crippen molar-refractivity contribution in [2.45, 2.75) is 26.3 Å². The van der Waals surface area contributed by atoms with Gasteiger partial charge >= 0.3 is 6.01 Å². The van der Waals surface area contributed by atoms with Gasteiger partial charge in [-0.05, 0) is 0 Å². The predicted molar refractivity (Wildman–Crippen MR) is 56.7 cm³/mol. The Bertz CT molecular complexity index is 460. The largest absolute Gasteiger partial charge is 0.408 e. The fraction of sp³-hybridized carbons (Fsp3) is 0.556. The summed E-state index contributed by atoms with van der Waals surface area (Å²) in [5, 5.41) is 18.4. The quantitative estimate of drug-likeness (QED) is 0.828. The summed E-state index contributed by atoms with van der Waals surface area (Å²) in [6, 6.07) is 0.421. The van der Waals surface area contributed by atoms with Crippen molar-refractivity contribution in [2.24, 2.45) is 7.05 Å². The number of aryl methyl sites for hydroxylation is 1. The molecule has 0 aliphatic carbocycles. The highest BCUT2D eigenvalue weighted by molar-refractivity contribution is 5.19. The fourth-order valence-electron chi connectivity index (χ4n) is 1.18. The van der Waals surface area contributed by atoms with Crippen molar-refractivity contribution >= 4 is 6.01 Å². The summed E-state index contributed by atoms with van der Waals surface area (Å²) in [5.74, 6) is 0.868. The topological polar surface area (TPSA) is 81.7 Å². The first-order chi connectivity index (χ1) is 7.66. The Labute approximate surface area is 92.9 Å². The summed E-state index contributed by atoms with van der Waals surface area (Å²) >= 11 is 0. The number of anilines is 1. The highest BCUT2D eigenvalue weighted by atomic mass is 16.4. The third-order valence-electron chi connectivity index (χ3n) is 2.16. The Morgan fingerprint density at radius 2 is 2.25 bits per heavy atom. The minimum Gasteiger partial charge on any atom is -0.408 e. The average Bonchev–Trinajstić information content (AvgIpc) is 2.83. The molecular formula is C9H14N6O. The molecule has 7 heteroatoms. The van der Waals surface area contributed by atoms with Crippen molar-refractivity contribution in [3.05, 3.63) is 17.8 Å². The van der Waals surface area contributed by atoms with E-state index in [0.29, 0.717) is 18.5 Å². The number of nitrogens with zero attached hydrogens (tertiary/aromatic N) is 5. The van der Waals surface area contributed by atoms with Gasteiger partial charge in [-0.25, -0.2) is 0 Å².